The zero-order chi connectivity index (χ0) is 12.1. The van der Waals surface area contributed by atoms with Gasteiger partial charge in [0.05, 0.1) is 6.61 Å². The zero-order valence-electron chi connectivity index (χ0n) is 11.3. The average molecular weight is 240 g/mol. The predicted octanol–water partition coefficient (Wildman–Crippen LogP) is 2.01. The van der Waals surface area contributed by atoms with Gasteiger partial charge in [-0.2, -0.15) is 0 Å². The Morgan fingerprint density at radius 3 is 2.59 bits per heavy atom. The molecule has 0 spiro atoms. The molecule has 1 unspecified atom stereocenters. The van der Waals surface area contributed by atoms with E-state index in [9.17, 15) is 0 Å². The molecule has 1 aliphatic heterocycles. The molecule has 0 aromatic heterocycles. The van der Waals surface area contributed by atoms with Gasteiger partial charge in [0.2, 0.25) is 0 Å². The summed E-state index contributed by atoms with van der Waals surface area (Å²) >= 11 is 0. The summed E-state index contributed by atoms with van der Waals surface area (Å²) in [6, 6.07) is 0.786. The fraction of sp³-hybridized carbons (Fsp3) is 1.00. The van der Waals surface area contributed by atoms with Gasteiger partial charge >= 0.3 is 0 Å². The first-order chi connectivity index (χ1) is 8.26. The minimum atomic E-state index is 0.227. The molecule has 100 valence electrons. The Morgan fingerprint density at radius 2 is 2.00 bits per heavy atom. The Bertz CT molecular complexity index is 220. The summed E-state index contributed by atoms with van der Waals surface area (Å²) in [5.41, 5.74) is 6.24. The van der Waals surface area contributed by atoms with E-state index in [0.717, 1.165) is 32.3 Å². The lowest BCUT2D eigenvalue weighted by atomic mass is 9.81. The van der Waals surface area contributed by atoms with Gasteiger partial charge in [-0.15, -0.1) is 0 Å². The quantitative estimate of drug-likeness (QED) is 0.817. The van der Waals surface area contributed by atoms with E-state index in [1.165, 1.54) is 44.9 Å². The minimum Gasteiger partial charge on any atom is -0.381 e. The Kier molecular flexibility index (Phi) is 4.83. The molecule has 1 heterocycles. The Hall–Kier alpha value is -0.120. The summed E-state index contributed by atoms with van der Waals surface area (Å²) in [5, 5.41) is 0. The lowest BCUT2D eigenvalue weighted by Gasteiger charge is -2.42. The SMILES string of the molecule is CN(CC1(CN)CCCOC1)C1CCCCC1. The summed E-state index contributed by atoms with van der Waals surface area (Å²) < 4.78 is 5.66. The van der Waals surface area contributed by atoms with Crippen LogP contribution in [0, 0.1) is 5.41 Å². The van der Waals surface area contributed by atoms with Crippen molar-refractivity contribution in [3.05, 3.63) is 0 Å². The van der Waals surface area contributed by atoms with Crippen molar-refractivity contribution in [2.45, 2.75) is 51.0 Å². The molecular formula is C14H28N2O. The van der Waals surface area contributed by atoms with Crippen molar-refractivity contribution in [3.8, 4) is 0 Å². The number of nitrogens with zero attached hydrogens (tertiary/aromatic N) is 1. The van der Waals surface area contributed by atoms with Crippen molar-refractivity contribution in [3.63, 3.8) is 0 Å². The molecular weight excluding hydrogens is 212 g/mol. The van der Waals surface area contributed by atoms with E-state index >= 15 is 0 Å². The van der Waals surface area contributed by atoms with Gasteiger partial charge in [-0.05, 0) is 32.7 Å². The van der Waals surface area contributed by atoms with Crippen molar-refractivity contribution in [2.24, 2.45) is 11.1 Å². The van der Waals surface area contributed by atoms with Crippen LogP contribution < -0.4 is 5.73 Å². The van der Waals surface area contributed by atoms with Crippen LogP contribution >= 0.6 is 0 Å². The lowest BCUT2D eigenvalue weighted by Crippen LogP contribution is -2.49. The number of hydrogen-bond acceptors (Lipinski definition) is 3. The number of rotatable bonds is 4. The third-order valence-corrected chi connectivity index (χ3v) is 4.62. The van der Waals surface area contributed by atoms with Crippen LogP contribution in [0.2, 0.25) is 0 Å². The molecule has 0 aromatic rings. The molecule has 2 rings (SSSR count). The van der Waals surface area contributed by atoms with Gasteiger partial charge in [0.1, 0.15) is 0 Å². The Morgan fingerprint density at radius 1 is 1.24 bits per heavy atom. The molecule has 0 aromatic carbocycles. The summed E-state index contributed by atoms with van der Waals surface area (Å²) in [4.78, 5) is 2.56. The molecule has 2 aliphatic rings. The van der Waals surface area contributed by atoms with Gasteiger partial charge in [-0.3, -0.25) is 0 Å². The summed E-state index contributed by atoms with van der Waals surface area (Å²) in [6.07, 6.45) is 9.39. The second-order valence-electron chi connectivity index (χ2n) is 6.07. The zero-order valence-corrected chi connectivity index (χ0v) is 11.3. The Balaban J connectivity index is 1.88. The molecule has 0 amide bonds. The second-order valence-corrected chi connectivity index (χ2v) is 6.07. The number of hydrogen-bond donors (Lipinski definition) is 1. The molecule has 3 heteroatoms. The van der Waals surface area contributed by atoms with Gasteiger partial charge in [-0.25, -0.2) is 0 Å². The maximum absolute atomic E-state index is 6.01. The smallest absolute Gasteiger partial charge is 0.0546 e. The lowest BCUT2D eigenvalue weighted by molar-refractivity contribution is -0.0261. The highest BCUT2D eigenvalue weighted by atomic mass is 16.5. The first-order valence-electron chi connectivity index (χ1n) is 7.24. The second kappa shape index (κ2) is 6.17. The molecule has 0 bridgehead atoms. The highest BCUT2D eigenvalue weighted by molar-refractivity contribution is 4.87. The van der Waals surface area contributed by atoms with Crippen molar-refractivity contribution in [1.82, 2.24) is 4.90 Å². The van der Waals surface area contributed by atoms with Gasteiger partial charge in [-0.1, -0.05) is 19.3 Å². The topological polar surface area (TPSA) is 38.5 Å². The maximum Gasteiger partial charge on any atom is 0.0546 e. The molecule has 1 atom stereocenters. The molecule has 3 nitrogen and oxygen atoms in total. The third-order valence-electron chi connectivity index (χ3n) is 4.62. The highest BCUT2D eigenvalue weighted by Crippen LogP contribution is 2.31. The molecule has 1 saturated carbocycles. The van der Waals surface area contributed by atoms with E-state index in [-0.39, 0.29) is 5.41 Å². The summed E-state index contributed by atoms with van der Waals surface area (Å²) in [7, 11) is 2.28. The first-order valence-corrected chi connectivity index (χ1v) is 7.24. The van der Waals surface area contributed by atoms with E-state index < -0.39 is 0 Å². The maximum atomic E-state index is 6.01. The number of ether oxygens (including phenoxy) is 1. The van der Waals surface area contributed by atoms with Gasteiger partial charge in [0.25, 0.3) is 0 Å². The fourth-order valence-corrected chi connectivity index (χ4v) is 3.44. The molecule has 1 saturated heterocycles. The largest absolute Gasteiger partial charge is 0.381 e. The standard InChI is InChI=1S/C14H28N2O/c1-16(13-6-3-2-4-7-13)11-14(10-15)8-5-9-17-12-14/h13H,2-12,15H2,1H3. The van der Waals surface area contributed by atoms with Crippen LogP contribution in [-0.4, -0.2) is 44.3 Å². The van der Waals surface area contributed by atoms with Crippen LogP contribution in [-0.2, 0) is 4.74 Å². The van der Waals surface area contributed by atoms with Gasteiger partial charge in [0, 0.05) is 31.2 Å². The third kappa shape index (κ3) is 3.43. The summed E-state index contributed by atoms with van der Waals surface area (Å²) in [5.74, 6) is 0. The van der Waals surface area contributed by atoms with E-state index in [1.54, 1.807) is 0 Å². The van der Waals surface area contributed by atoms with Crippen LogP contribution in [0.1, 0.15) is 44.9 Å². The van der Waals surface area contributed by atoms with Crippen LogP contribution in [0.3, 0.4) is 0 Å². The normalized spacial score (nSPS) is 31.9. The molecule has 0 radical (unpaired) electrons. The average Bonchev–Trinajstić information content (AvgIpc) is 2.41. The van der Waals surface area contributed by atoms with Crippen LogP contribution in [0.15, 0.2) is 0 Å². The van der Waals surface area contributed by atoms with Crippen molar-refractivity contribution >= 4 is 0 Å². The van der Waals surface area contributed by atoms with Gasteiger partial charge in [0.15, 0.2) is 0 Å². The molecule has 17 heavy (non-hydrogen) atoms. The highest BCUT2D eigenvalue weighted by Gasteiger charge is 2.34. The van der Waals surface area contributed by atoms with Crippen molar-refractivity contribution in [1.29, 1.82) is 0 Å². The Labute approximate surface area is 106 Å². The van der Waals surface area contributed by atoms with E-state index in [0.29, 0.717) is 0 Å². The predicted molar refractivity (Wildman–Crippen MR) is 71.0 cm³/mol. The van der Waals surface area contributed by atoms with Crippen LogP contribution in [0.4, 0.5) is 0 Å². The molecule has 2 fully saturated rings. The van der Waals surface area contributed by atoms with Crippen molar-refractivity contribution in [2.75, 3.05) is 33.4 Å². The fourth-order valence-electron chi connectivity index (χ4n) is 3.44. The minimum absolute atomic E-state index is 0.227. The van der Waals surface area contributed by atoms with Crippen LogP contribution in [0.25, 0.3) is 0 Å². The number of nitrogens with two attached hydrogens (primary N) is 1. The van der Waals surface area contributed by atoms with E-state index in [1.807, 2.05) is 0 Å². The van der Waals surface area contributed by atoms with Crippen molar-refractivity contribution < 1.29 is 4.74 Å². The monoisotopic (exact) mass is 240 g/mol. The van der Waals surface area contributed by atoms with E-state index in [4.69, 9.17) is 10.5 Å². The first kappa shape index (κ1) is 13.3. The summed E-state index contributed by atoms with van der Waals surface area (Å²) in [6.45, 7) is 3.67. The van der Waals surface area contributed by atoms with E-state index in [2.05, 4.69) is 11.9 Å². The molecule has 2 N–H and O–H groups in total. The van der Waals surface area contributed by atoms with Gasteiger partial charge < -0.3 is 15.4 Å². The molecule has 1 aliphatic carbocycles. The van der Waals surface area contributed by atoms with Crippen LogP contribution in [0.5, 0.6) is 0 Å².